The highest BCUT2D eigenvalue weighted by Gasteiger charge is 2.28. The lowest BCUT2D eigenvalue weighted by atomic mass is 9.88. The number of carboxylic acids is 1. The van der Waals surface area contributed by atoms with E-state index in [1.165, 1.54) is 12.5 Å². The molecule has 3 atom stereocenters. The monoisotopic (exact) mass is 371 g/mol. The van der Waals surface area contributed by atoms with Crippen molar-refractivity contribution in [1.82, 2.24) is 5.32 Å². The van der Waals surface area contributed by atoms with Gasteiger partial charge in [0.05, 0.1) is 5.92 Å². The fraction of sp³-hybridized carbons (Fsp3) is 0.333. The molecule has 0 aliphatic rings. The summed E-state index contributed by atoms with van der Waals surface area (Å²) in [6, 6.07) is 19.1. The molecular formula is C21H25NO3S. The van der Waals surface area contributed by atoms with Crippen molar-refractivity contribution >= 4 is 23.6 Å². The van der Waals surface area contributed by atoms with Crippen LogP contribution in [0.5, 0.6) is 0 Å². The molecule has 138 valence electrons. The molecular weight excluding hydrogens is 346 g/mol. The maximum atomic E-state index is 12.7. The van der Waals surface area contributed by atoms with Gasteiger partial charge in [-0.05, 0) is 24.0 Å². The second-order valence-electron chi connectivity index (χ2n) is 6.38. The zero-order valence-corrected chi connectivity index (χ0v) is 15.9. The topological polar surface area (TPSA) is 66.4 Å². The lowest BCUT2D eigenvalue weighted by Gasteiger charge is -2.24. The molecule has 0 saturated heterocycles. The maximum Gasteiger partial charge on any atom is 0.325 e. The molecule has 0 bridgehead atoms. The summed E-state index contributed by atoms with van der Waals surface area (Å²) >= 11 is 1.69. The van der Waals surface area contributed by atoms with Crippen molar-refractivity contribution in [3.05, 3.63) is 71.8 Å². The second-order valence-corrected chi connectivity index (χ2v) is 7.41. The van der Waals surface area contributed by atoms with Crippen molar-refractivity contribution < 1.29 is 14.7 Å². The second kappa shape index (κ2) is 10.0. The Bertz CT molecular complexity index is 706. The van der Waals surface area contributed by atoms with Gasteiger partial charge in [0, 0.05) is 11.5 Å². The van der Waals surface area contributed by atoms with Crippen molar-refractivity contribution in [2.24, 2.45) is 5.92 Å². The van der Waals surface area contributed by atoms with Crippen molar-refractivity contribution in [3.8, 4) is 0 Å². The molecule has 0 radical (unpaired) electrons. The normalized spacial score (nSPS) is 14.2. The molecule has 2 N–H and O–H groups in total. The quantitative estimate of drug-likeness (QED) is 0.701. The van der Waals surface area contributed by atoms with E-state index in [1.54, 1.807) is 11.8 Å². The van der Waals surface area contributed by atoms with Crippen LogP contribution in [0.3, 0.4) is 0 Å². The van der Waals surface area contributed by atoms with Gasteiger partial charge in [-0.2, -0.15) is 11.8 Å². The van der Waals surface area contributed by atoms with Crippen LogP contribution in [0.15, 0.2) is 60.7 Å². The SMILES string of the molecule is C[C@H](NC(=O)[C@@H](CSCc1ccccc1)[C@@H](C)c1ccccc1)C(=O)O. The van der Waals surface area contributed by atoms with Crippen LogP contribution >= 0.6 is 11.8 Å². The highest BCUT2D eigenvalue weighted by molar-refractivity contribution is 7.98. The molecule has 0 fully saturated rings. The van der Waals surface area contributed by atoms with E-state index in [4.69, 9.17) is 5.11 Å². The number of carbonyl (C=O) groups is 2. The van der Waals surface area contributed by atoms with E-state index in [9.17, 15) is 9.59 Å². The van der Waals surface area contributed by atoms with Crippen molar-refractivity contribution in [1.29, 1.82) is 0 Å². The van der Waals surface area contributed by atoms with Crippen LogP contribution in [0.2, 0.25) is 0 Å². The Balaban J connectivity index is 2.07. The van der Waals surface area contributed by atoms with Crippen molar-refractivity contribution in [2.45, 2.75) is 31.6 Å². The predicted octanol–water partition coefficient (Wildman–Crippen LogP) is 3.93. The molecule has 2 aromatic rings. The predicted molar refractivity (Wildman–Crippen MR) is 106 cm³/mol. The van der Waals surface area contributed by atoms with E-state index < -0.39 is 12.0 Å². The fourth-order valence-electron chi connectivity index (χ4n) is 2.70. The van der Waals surface area contributed by atoms with Gasteiger partial charge in [0.1, 0.15) is 6.04 Å². The summed E-state index contributed by atoms with van der Waals surface area (Å²) in [5.74, 6) is -0.0874. The van der Waals surface area contributed by atoms with Gasteiger partial charge < -0.3 is 10.4 Å². The standard InChI is InChI=1S/C21H25NO3S/c1-15(18-11-7-4-8-12-18)19(20(23)22-16(2)21(24)25)14-26-13-17-9-5-3-6-10-17/h3-12,15-16,19H,13-14H2,1-2H3,(H,22,23)(H,24,25)/t15-,16-,19-/m0/s1. The molecule has 2 aromatic carbocycles. The van der Waals surface area contributed by atoms with E-state index >= 15 is 0 Å². The molecule has 5 heteroatoms. The van der Waals surface area contributed by atoms with Crippen LogP contribution in [-0.2, 0) is 15.3 Å². The van der Waals surface area contributed by atoms with Crippen molar-refractivity contribution in [2.75, 3.05) is 5.75 Å². The Kier molecular flexibility index (Phi) is 7.73. The van der Waals surface area contributed by atoms with E-state index in [1.807, 2.05) is 55.5 Å². The maximum absolute atomic E-state index is 12.7. The number of aliphatic carboxylic acids is 1. The Morgan fingerprint density at radius 2 is 1.58 bits per heavy atom. The summed E-state index contributed by atoms with van der Waals surface area (Å²) in [6.07, 6.45) is 0. The summed E-state index contributed by atoms with van der Waals surface area (Å²) < 4.78 is 0. The Labute approximate surface area is 159 Å². The third-order valence-corrected chi connectivity index (χ3v) is 5.54. The van der Waals surface area contributed by atoms with E-state index in [0.717, 1.165) is 11.3 Å². The summed E-state index contributed by atoms with van der Waals surface area (Å²) in [5.41, 5.74) is 2.29. The minimum absolute atomic E-state index is 0.000434. The first kappa shape index (κ1) is 20.0. The lowest BCUT2D eigenvalue weighted by Crippen LogP contribution is -2.43. The van der Waals surface area contributed by atoms with E-state index in [-0.39, 0.29) is 17.7 Å². The zero-order chi connectivity index (χ0) is 18.9. The number of benzene rings is 2. The number of hydrogen-bond donors (Lipinski definition) is 2. The summed E-state index contributed by atoms with van der Waals surface area (Å²) in [4.78, 5) is 23.8. The molecule has 0 saturated carbocycles. The largest absolute Gasteiger partial charge is 0.480 e. The molecule has 2 rings (SSSR count). The number of amides is 1. The van der Waals surface area contributed by atoms with Crippen LogP contribution < -0.4 is 5.32 Å². The van der Waals surface area contributed by atoms with Crippen LogP contribution in [-0.4, -0.2) is 28.8 Å². The Hall–Kier alpha value is -2.27. The van der Waals surface area contributed by atoms with Crippen LogP contribution in [0.25, 0.3) is 0 Å². The Morgan fingerprint density at radius 1 is 1.00 bits per heavy atom. The van der Waals surface area contributed by atoms with Gasteiger partial charge in [0.2, 0.25) is 5.91 Å². The molecule has 1 amide bonds. The Morgan fingerprint density at radius 3 is 2.15 bits per heavy atom. The molecule has 0 spiro atoms. The fourth-order valence-corrected chi connectivity index (χ4v) is 3.94. The first-order valence-electron chi connectivity index (χ1n) is 8.69. The third kappa shape index (κ3) is 5.92. The molecule has 0 heterocycles. The van der Waals surface area contributed by atoms with Gasteiger partial charge in [-0.15, -0.1) is 0 Å². The number of hydrogen-bond acceptors (Lipinski definition) is 3. The highest BCUT2D eigenvalue weighted by atomic mass is 32.2. The van der Waals surface area contributed by atoms with Gasteiger partial charge in [0.15, 0.2) is 0 Å². The first-order valence-corrected chi connectivity index (χ1v) is 9.84. The van der Waals surface area contributed by atoms with Crippen LogP contribution in [0, 0.1) is 5.92 Å². The molecule has 0 unspecified atom stereocenters. The van der Waals surface area contributed by atoms with Gasteiger partial charge in [0.25, 0.3) is 0 Å². The number of thioether (sulfide) groups is 1. The molecule has 0 aliphatic carbocycles. The molecule has 26 heavy (non-hydrogen) atoms. The van der Waals surface area contributed by atoms with Crippen LogP contribution in [0.4, 0.5) is 0 Å². The van der Waals surface area contributed by atoms with Gasteiger partial charge >= 0.3 is 5.97 Å². The van der Waals surface area contributed by atoms with Gasteiger partial charge in [-0.1, -0.05) is 67.6 Å². The van der Waals surface area contributed by atoms with Crippen molar-refractivity contribution in [3.63, 3.8) is 0 Å². The smallest absolute Gasteiger partial charge is 0.325 e. The number of carbonyl (C=O) groups excluding carboxylic acids is 1. The average molecular weight is 372 g/mol. The minimum atomic E-state index is -1.03. The van der Waals surface area contributed by atoms with Crippen LogP contribution in [0.1, 0.15) is 30.9 Å². The lowest BCUT2D eigenvalue weighted by molar-refractivity contribution is -0.141. The molecule has 4 nitrogen and oxygen atoms in total. The average Bonchev–Trinajstić information content (AvgIpc) is 2.66. The molecule has 0 aliphatic heterocycles. The van der Waals surface area contributed by atoms with Gasteiger partial charge in [-0.3, -0.25) is 9.59 Å². The van der Waals surface area contributed by atoms with Gasteiger partial charge in [-0.25, -0.2) is 0 Å². The highest BCUT2D eigenvalue weighted by Crippen LogP contribution is 2.28. The first-order chi connectivity index (χ1) is 12.5. The number of carboxylic acid groups (broad SMARTS) is 1. The number of nitrogens with one attached hydrogen (secondary N) is 1. The molecule has 0 aromatic heterocycles. The number of rotatable bonds is 9. The summed E-state index contributed by atoms with van der Waals surface area (Å²) in [7, 11) is 0. The van der Waals surface area contributed by atoms with E-state index in [2.05, 4.69) is 17.4 Å². The summed E-state index contributed by atoms with van der Waals surface area (Å²) in [6.45, 7) is 3.51. The zero-order valence-electron chi connectivity index (χ0n) is 15.1. The van der Waals surface area contributed by atoms with E-state index in [0.29, 0.717) is 5.75 Å². The summed E-state index contributed by atoms with van der Waals surface area (Å²) in [5, 5.41) is 11.7. The third-order valence-electron chi connectivity index (χ3n) is 4.40. The minimum Gasteiger partial charge on any atom is -0.480 e.